The first-order valence-corrected chi connectivity index (χ1v) is 13.5. The number of amides is 1. The van der Waals surface area contributed by atoms with E-state index in [1.807, 2.05) is 12.1 Å². The Balaban J connectivity index is 0.00000342. The Bertz CT molecular complexity index is 854. The summed E-state index contributed by atoms with van der Waals surface area (Å²) in [6.07, 6.45) is 3.71. The third kappa shape index (κ3) is 9.18. The van der Waals surface area contributed by atoms with Crippen LogP contribution in [0.5, 0.6) is 0 Å². The second-order valence-corrected chi connectivity index (χ2v) is 10.1. The Morgan fingerprint density at radius 3 is 2.54 bits per heavy atom. The summed E-state index contributed by atoms with van der Waals surface area (Å²) in [5, 5.41) is 13.4. The maximum absolute atomic E-state index is 13.6. The van der Waals surface area contributed by atoms with Crippen LogP contribution < -0.4 is 5.11 Å². The van der Waals surface area contributed by atoms with Gasteiger partial charge in [-0.05, 0) is 74.8 Å². The second kappa shape index (κ2) is 17.1. The predicted octanol–water partition coefficient (Wildman–Crippen LogP) is 1.21. The van der Waals surface area contributed by atoms with Crippen LogP contribution in [0.15, 0.2) is 29.3 Å². The van der Waals surface area contributed by atoms with Gasteiger partial charge in [-0.25, -0.2) is 9.45 Å². The van der Waals surface area contributed by atoms with E-state index in [0.717, 1.165) is 44.3 Å². The summed E-state index contributed by atoms with van der Waals surface area (Å²) in [7, 11) is 3.15. The number of fused-ring (bicyclic) bond motifs is 2. The first-order valence-electron chi connectivity index (χ1n) is 12.3. The van der Waals surface area contributed by atoms with Crippen LogP contribution in [-0.2, 0) is 60.8 Å². The molecule has 4 unspecified atom stereocenters. The number of aliphatic imine (C=N–C) groups is 1. The molecule has 8 nitrogen and oxygen atoms in total. The SMILES string of the molecule is CON(C)C(=O)C1C(c2ccc(F)cc2)CC2CCC1N2CCCN(CC[S-])CC([O-])=NCC[S-].[O-2].[Re]. The fourth-order valence-corrected chi connectivity index (χ4v) is 5.99. The summed E-state index contributed by atoms with van der Waals surface area (Å²) in [6.45, 7) is 2.92. The molecule has 0 saturated carbocycles. The van der Waals surface area contributed by atoms with Crippen molar-refractivity contribution in [3.8, 4) is 0 Å². The molecule has 12 heteroatoms. The average molecular weight is 726 g/mol. The number of carbonyl (C=O) groups is 1. The van der Waals surface area contributed by atoms with E-state index in [4.69, 9.17) is 30.1 Å². The number of benzene rings is 1. The molecule has 0 aromatic heterocycles. The summed E-state index contributed by atoms with van der Waals surface area (Å²) in [6, 6.07) is 7.04. The van der Waals surface area contributed by atoms with E-state index < -0.39 is 0 Å². The van der Waals surface area contributed by atoms with Crippen molar-refractivity contribution in [2.75, 3.05) is 58.4 Å². The van der Waals surface area contributed by atoms with Gasteiger partial charge in [0.05, 0.1) is 13.0 Å². The standard InChI is InChI=1S/C25H39FN4O3S2.O.Re/c1-28(33-2)25(32)24-21(18-4-6-19(26)7-5-18)16-20-8-9-22(24)30(20)12-3-11-29(13-15-35)17-23(31)27-10-14-34;;/h4-7,20-22,24,34-35H,3,8-17H2,1-2H3,(H,27,31);;/q;-2;/p-3. The zero-order valence-corrected chi connectivity index (χ0v) is 25.7. The number of nitrogens with zero attached hydrogens (tertiary/aromatic N) is 4. The summed E-state index contributed by atoms with van der Waals surface area (Å²) in [5.74, 6) is 0.307. The molecule has 0 N–H and O–H groups in total. The zero-order chi connectivity index (χ0) is 25.4. The minimum atomic E-state index is -0.273. The van der Waals surface area contributed by atoms with Crippen molar-refractivity contribution in [3.63, 3.8) is 0 Å². The van der Waals surface area contributed by atoms with Crippen molar-refractivity contribution in [2.45, 2.75) is 43.7 Å². The molecule has 1 aromatic rings. The van der Waals surface area contributed by atoms with Gasteiger partial charge in [0.1, 0.15) is 5.82 Å². The van der Waals surface area contributed by atoms with Crippen molar-refractivity contribution in [1.82, 2.24) is 14.9 Å². The smallest absolute Gasteiger partial charge is 0.251 e. The van der Waals surface area contributed by atoms with Crippen LogP contribution in [0.25, 0.3) is 0 Å². The molecule has 4 atom stereocenters. The van der Waals surface area contributed by atoms with E-state index in [1.165, 1.54) is 24.3 Å². The fraction of sp³-hybridized carbons (Fsp3) is 0.680. The fourth-order valence-electron chi connectivity index (χ4n) is 5.64. The molecule has 2 saturated heterocycles. The third-order valence-electron chi connectivity index (χ3n) is 7.27. The number of hydrogen-bond donors (Lipinski definition) is 0. The van der Waals surface area contributed by atoms with Gasteiger partial charge in [-0.3, -0.25) is 14.5 Å². The van der Waals surface area contributed by atoms with E-state index >= 15 is 0 Å². The molecule has 3 rings (SSSR count). The van der Waals surface area contributed by atoms with Crippen molar-refractivity contribution < 1.29 is 45.0 Å². The van der Waals surface area contributed by atoms with Gasteiger partial charge in [-0.2, -0.15) is 11.5 Å². The van der Waals surface area contributed by atoms with Gasteiger partial charge >= 0.3 is 0 Å². The normalized spacial score (nSPS) is 23.5. The van der Waals surface area contributed by atoms with Gasteiger partial charge in [0.25, 0.3) is 5.91 Å². The van der Waals surface area contributed by atoms with Gasteiger partial charge < -0.3 is 45.7 Å². The molecule has 2 fully saturated rings. The molecule has 0 spiro atoms. The molecule has 1 aromatic carbocycles. The topological polar surface area (TPSA) is 99.9 Å². The van der Waals surface area contributed by atoms with E-state index in [0.29, 0.717) is 30.6 Å². The zero-order valence-electron chi connectivity index (χ0n) is 21.4. The van der Waals surface area contributed by atoms with Crippen LogP contribution in [0.1, 0.15) is 37.2 Å². The molecule has 211 valence electrons. The Morgan fingerprint density at radius 2 is 1.92 bits per heavy atom. The number of piperidine rings is 1. The Morgan fingerprint density at radius 1 is 1.22 bits per heavy atom. The number of rotatable bonds is 13. The van der Waals surface area contributed by atoms with Crippen LogP contribution in [0.2, 0.25) is 0 Å². The molecule has 2 aliphatic heterocycles. The molecule has 0 aliphatic carbocycles. The number of hydrogen-bond acceptors (Lipinski definition) is 8. The first-order chi connectivity index (χ1) is 16.9. The van der Waals surface area contributed by atoms with E-state index in [2.05, 4.69) is 14.8 Å². The van der Waals surface area contributed by atoms with E-state index in [-0.39, 0.29) is 67.9 Å². The van der Waals surface area contributed by atoms with E-state index in [9.17, 15) is 14.3 Å². The van der Waals surface area contributed by atoms with Crippen LogP contribution >= 0.6 is 0 Å². The second-order valence-electron chi connectivity index (χ2n) is 9.29. The number of carbonyl (C=O) groups excluding carboxylic acids is 1. The molecule has 2 heterocycles. The van der Waals surface area contributed by atoms with Crippen LogP contribution in [-0.4, -0.2) is 97.1 Å². The number of hydroxylamine groups is 2. The Labute approximate surface area is 244 Å². The summed E-state index contributed by atoms with van der Waals surface area (Å²) in [5.41, 5.74) is 1.00. The third-order valence-corrected chi connectivity index (χ3v) is 7.63. The largest absolute Gasteiger partial charge is 2.00 e. The summed E-state index contributed by atoms with van der Waals surface area (Å²) >= 11 is 10.0. The van der Waals surface area contributed by atoms with Crippen LogP contribution in [0.3, 0.4) is 0 Å². The van der Waals surface area contributed by atoms with Crippen LogP contribution in [0, 0.1) is 11.7 Å². The predicted molar refractivity (Wildman–Crippen MR) is 139 cm³/mol. The molecule has 1 amide bonds. The van der Waals surface area contributed by atoms with Gasteiger partial charge in [-0.15, -0.1) is 0 Å². The van der Waals surface area contributed by atoms with Gasteiger partial charge in [0, 0.05) is 52.6 Å². The van der Waals surface area contributed by atoms with Gasteiger partial charge in [0.15, 0.2) is 0 Å². The number of halogens is 1. The van der Waals surface area contributed by atoms with Crippen molar-refractivity contribution in [2.24, 2.45) is 10.9 Å². The van der Waals surface area contributed by atoms with Crippen molar-refractivity contribution in [3.05, 3.63) is 35.6 Å². The molecular formula is C25H36FN4O4ReS2-5. The Kier molecular flexibility index (Phi) is 15.8. The summed E-state index contributed by atoms with van der Waals surface area (Å²) < 4.78 is 13.6. The van der Waals surface area contributed by atoms with Crippen molar-refractivity contribution in [1.29, 1.82) is 0 Å². The van der Waals surface area contributed by atoms with E-state index in [1.54, 1.807) is 7.05 Å². The molecule has 2 bridgehead atoms. The van der Waals surface area contributed by atoms with Crippen molar-refractivity contribution >= 4 is 37.1 Å². The maximum Gasteiger partial charge on any atom is 0.251 e. The molecule has 1 radical (unpaired) electrons. The average Bonchev–Trinajstić information content (AvgIpc) is 3.12. The maximum atomic E-state index is 13.6. The van der Waals surface area contributed by atoms with Crippen LogP contribution in [0.4, 0.5) is 4.39 Å². The quantitative estimate of drug-likeness (QED) is 0.131. The molecule has 37 heavy (non-hydrogen) atoms. The van der Waals surface area contributed by atoms with Gasteiger partial charge in [-0.1, -0.05) is 12.1 Å². The monoisotopic (exact) mass is 726 g/mol. The Hall–Kier alpha value is -0.708. The first kappa shape index (κ1) is 34.3. The minimum Gasteiger partial charge on any atom is -2.00 e. The summed E-state index contributed by atoms with van der Waals surface area (Å²) in [4.78, 5) is 27.2. The minimum absolute atomic E-state index is 0. The van der Waals surface area contributed by atoms with Gasteiger partial charge in [0.2, 0.25) is 0 Å². The molecule has 2 aliphatic rings. The molecular weight excluding hydrogens is 690 g/mol.